The van der Waals surface area contributed by atoms with Crippen molar-refractivity contribution in [2.75, 3.05) is 20.7 Å². The first-order chi connectivity index (χ1) is 10.3. The Balaban J connectivity index is 2.01. The van der Waals surface area contributed by atoms with Crippen LogP contribution in [0.4, 0.5) is 0 Å². The number of para-hydroxylation sites is 1. The molecule has 0 amide bonds. The molecular weight excluding hydrogens is 260 g/mol. The number of hydrogen-bond acceptors (Lipinski definition) is 3. The predicted octanol–water partition coefficient (Wildman–Crippen LogP) is 3.44. The molecule has 0 bridgehead atoms. The minimum absolute atomic E-state index is 0.634. The molecule has 2 rings (SSSR count). The molecule has 0 spiro atoms. The highest BCUT2D eigenvalue weighted by Gasteiger charge is 2.28. The molecule has 0 radical (unpaired) electrons. The largest absolute Gasteiger partial charge is 0.496 e. The molecule has 0 saturated heterocycles. The van der Waals surface area contributed by atoms with E-state index in [2.05, 4.69) is 42.4 Å². The summed E-state index contributed by atoms with van der Waals surface area (Å²) in [4.78, 5) is 2.50. The van der Waals surface area contributed by atoms with Crippen molar-refractivity contribution in [1.29, 1.82) is 0 Å². The van der Waals surface area contributed by atoms with Crippen LogP contribution in [0.25, 0.3) is 0 Å². The summed E-state index contributed by atoms with van der Waals surface area (Å²) in [7, 11) is 4.01. The number of nitrogens with one attached hydrogen (secondary N) is 1. The lowest BCUT2D eigenvalue weighted by Gasteiger charge is -2.38. The molecule has 1 aliphatic carbocycles. The van der Waals surface area contributed by atoms with Crippen LogP contribution >= 0.6 is 0 Å². The molecule has 1 fully saturated rings. The fraction of sp³-hybridized carbons (Fsp3) is 0.667. The van der Waals surface area contributed by atoms with Crippen molar-refractivity contribution in [2.45, 2.75) is 57.7 Å². The highest BCUT2D eigenvalue weighted by atomic mass is 16.5. The zero-order chi connectivity index (χ0) is 15.1. The fourth-order valence-electron chi connectivity index (χ4n) is 3.43. The van der Waals surface area contributed by atoms with Gasteiger partial charge in [0.05, 0.1) is 7.11 Å². The standard InChI is InChI=1S/C18H30N2O/c1-4-13-19-16-10-6-7-11-17(16)20(2)14-15-9-5-8-12-18(15)21-3/h5,8-9,12,16-17,19H,4,6-7,10-11,13-14H2,1-3H3. The number of likely N-dealkylation sites (N-methyl/N-ethyl adjacent to an activating group) is 1. The third kappa shape index (κ3) is 4.45. The molecule has 0 aromatic heterocycles. The molecule has 1 aliphatic rings. The second-order valence-corrected chi connectivity index (χ2v) is 6.14. The van der Waals surface area contributed by atoms with E-state index in [1.807, 2.05) is 6.07 Å². The van der Waals surface area contributed by atoms with Crippen LogP contribution in [0.15, 0.2) is 24.3 Å². The highest BCUT2D eigenvalue weighted by molar-refractivity contribution is 5.33. The van der Waals surface area contributed by atoms with Gasteiger partial charge in [-0.2, -0.15) is 0 Å². The number of hydrogen-bond donors (Lipinski definition) is 1. The fourth-order valence-corrected chi connectivity index (χ4v) is 3.43. The molecule has 3 heteroatoms. The lowest BCUT2D eigenvalue weighted by atomic mass is 9.89. The molecule has 2 unspecified atom stereocenters. The summed E-state index contributed by atoms with van der Waals surface area (Å²) in [5.74, 6) is 0.998. The molecule has 1 N–H and O–H groups in total. The van der Waals surface area contributed by atoms with E-state index in [4.69, 9.17) is 4.74 Å². The smallest absolute Gasteiger partial charge is 0.123 e. The van der Waals surface area contributed by atoms with Gasteiger partial charge in [0.15, 0.2) is 0 Å². The van der Waals surface area contributed by atoms with Gasteiger partial charge in [0.25, 0.3) is 0 Å². The highest BCUT2D eigenvalue weighted by Crippen LogP contribution is 2.26. The third-order valence-electron chi connectivity index (χ3n) is 4.56. The monoisotopic (exact) mass is 290 g/mol. The number of ether oxygens (including phenoxy) is 1. The predicted molar refractivity (Wildman–Crippen MR) is 88.8 cm³/mol. The first kappa shape index (κ1) is 16.3. The van der Waals surface area contributed by atoms with E-state index in [0.717, 1.165) is 18.8 Å². The summed E-state index contributed by atoms with van der Waals surface area (Å²) in [6.07, 6.45) is 6.53. The van der Waals surface area contributed by atoms with Crippen molar-refractivity contribution in [2.24, 2.45) is 0 Å². The van der Waals surface area contributed by atoms with E-state index in [1.54, 1.807) is 7.11 Å². The van der Waals surface area contributed by atoms with Gasteiger partial charge in [-0.1, -0.05) is 38.0 Å². The van der Waals surface area contributed by atoms with Crippen molar-refractivity contribution in [3.05, 3.63) is 29.8 Å². The summed E-state index contributed by atoms with van der Waals surface area (Å²) in [6.45, 7) is 4.33. The Bertz CT molecular complexity index is 421. The minimum atomic E-state index is 0.634. The van der Waals surface area contributed by atoms with Gasteiger partial charge in [-0.25, -0.2) is 0 Å². The number of benzene rings is 1. The average Bonchev–Trinajstić information content (AvgIpc) is 2.53. The second kappa shape index (κ2) is 8.40. The van der Waals surface area contributed by atoms with Crippen LogP contribution in [0.5, 0.6) is 5.75 Å². The van der Waals surface area contributed by atoms with Crippen molar-refractivity contribution >= 4 is 0 Å². The van der Waals surface area contributed by atoms with Crippen LogP contribution in [0.1, 0.15) is 44.6 Å². The van der Waals surface area contributed by atoms with Gasteiger partial charge in [0.2, 0.25) is 0 Å². The SMILES string of the molecule is CCCNC1CCCCC1N(C)Cc1ccccc1OC. The molecular formula is C18H30N2O. The Morgan fingerprint density at radius 2 is 2.00 bits per heavy atom. The van der Waals surface area contributed by atoms with Crippen LogP contribution in [-0.4, -0.2) is 37.7 Å². The number of rotatable bonds is 7. The number of nitrogens with zero attached hydrogens (tertiary/aromatic N) is 1. The maximum Gasteiger partial charge on any atom is 0.123 e. The Morgan fingerprint density at radius 3 is 2.76 bits per heavy atom. The van der Waals surface area contributed by atoms with Gasteiger partial charge in [-0.3, -0.25) is 4.90 Å². The molecule has 1 aromatic rings. The van der Waals surface area contributed by atoms with E-state index >= 15 is 0 Å². The Kier molecular flexibility index (Phi) is 6.52. The summed E-state index contributed by atoms with van der Waals surface area (Å²) >= 11 is 0. The van der Waals surface area contributed by atoms with Crippen LogP contribution < -0.4 is 10.1 Å². The van der Waals surface area contributed by atoms with E-state index in [0.29, 0.717) is 12.1 Å². The van der Waals surface area contributed by atoms with Crippen molar-refractivity contribution < 1.29 is 4.74 Å². The van der Waals surface area contributed by atoms with Crippen LogP contribution in [-0.2, 0) is 6.54 Å². The molecule has 3 nitrogen and oxygen atoms in total. The van der Waals surface area contributed by atoms with Gasteiger partial charge in [0.1, 0.15) is 5.75 Å². The van der Waals surface area contributed by atoms with E-state index in [1.165, 1.54) is 37.7 Å². The topological polar surface area (TPSA) is 24.5 Å². The van der Waals surface area contributed by atoms with Gasteiger partial charge in [-0.15, -0.1) is 0 Å². The van der Waals surface area contributed by atoms with E-state index in [9.17, 15) is 0 Å². The summed E-state index contributed by atoms with van der Waals surface area (Å²) in [5, 5.41) is 3.74. The molecule has 0 heterocycles. The van der Waals surface area contributed by atoms with E-state index in [-0.39, 0.29) is 0 Å². The Hall–Kier alpha value is -1.06. The molecule has 1 aromatic carbocycles. The summed E-state index contributed by atoms with van der Waals surface area (Å²) in [5.41, 5.74) is 1.28. The molecule has 21 heavy (non-hydrogen) atoms. The van der Waals surface area contributed by atoms with Gasteiger partial charge in [0, 0.05) is 24.2 Å². The summed E-state index contributed by atoms with van der Waals surface area (Å²) < 4.78 is 5.48. The first-order valence-electron chi connectivity index (χ1n) is 8.31. The Morgan fingerprint density at radius 1 is 1.24 bits per heavy atom. The van der Waals surface area contributed by atoms with Crippen molar-refractivity contribution in [3.63, 3.8) is 0 Å². The van der Waals surface area contributed by atoms with Crippen molar-refractivity contribution in [3.8, 4) is 5.75 Å². The normalized spacial score (nSPS) is 22.5. The Labute approximate surface area is 129 Å². The second-order valence-electron chi connectivity index (χ2n) is 6.14. The van der Waals surface area contributed by atoms with Gasteiger partial charge < -0.3 is 10.1 Å². The average molecular weight is 290 g/mol. The molecule has 118 valence electrons. The maximum atomic E-state index is 5.48. The third-order valence-corrected chi connectivity index (χ3v) is 4.56. The maximum absolute atomic E-state index is 5.48. The summed E-state index contributed by atoms with van der Waals surface area (Å²) in [6, 6.07) is 9.63. The quantitative estimate of drug-likeness (QED) is 0.832. The molecule has 1 saturated carbocycles. The minimum Gasteiger partial charge on any atom is -0.496 e. The zero-order valence-electron chi connectivity index (χ0n) is 13.8. The lowest BCUT2D eigenvalue weighted by molar-refractivity contribution is 0.142. The van der Waals surface area contributed by atoms with Gasteiger partial charge in [-0.05, 0) is 38.9 Å². The zero-order valence-corrected chi connectivity index (χ0v) is 13.8. The molecule has 2 atom stereocenters. The van der Waals surface area contributed by atoms with Gasteiger partial charge >= 0.3 is 0 Å². The van der Waals surface area contributed by atoms with Crippen LogP contribution in [0, 0.1) is 0 Å². The first-order valence-corrected chi connectivity index (χ1v) is 8.31. The number of methoxy groups -OCH3 is 1. The molecule has 0 aliphatic heterocycles. The van der Waals surface area contributed by atoms with Crippen LogP contribution in [0.3, 0.4) is 0 Å². The lowest BCUT2D eigenvalue weighted by Crippen LogP contribution is -2.50. The van der Waals surface area contributed by atoms with Crippen molar-refractivity contribution in [1.82, 2.24) is 10.2 Å². The van der Waals surface area contributed by atoms with E-state index < -0.39 is 0 Å². The van der Waals surface area contributed by atoms with Crippen LogP contribution in [0.2, 0.25) is 0 Å².